The first kappa shape index (κ1) is 27.3. The van der Waals surface area contributed by atoms with Crippen LogP contribution in [0.15, 0.2) is 24.4 Å². The molecule has 3 rings (SSSR count). The van der Waals surface area contributed by atoms with E-state index in [1.807, 2.05) is 17.0 Å². The van der Waals surface area contributed by atoms with Crippen LogP contribution in [0.25, 0.3) is 0 Å². The van der Waals surface area contributed by atoms with Gasteiger partial charge in [0.2, 0.25) is 0 Å². The van der Waals surface area contributed by atoms with Crippen LogP contribution in [0.4, 0.5) is 0 Å². The number of hydrogen-bond acceptors (Lipinski definition) is 6. The van der Waals surface area contributed by atoms with Crippen molar-refractivity contribution in [3.05, 3.63) is 30.1 Å². The first-order valence-electron chi connectivity index (χ1n) is 13.2. The molecule has 0 radical (unpaired) electrons. The van der Waals surface area contributed by atoms with Crippen molar-refractivity contribution in [2.24, 2.45) is 10.8 Å². The Morgan fingerprint density at radius 2 is 1.34 bits per heavy atom. The standard InChI is InChI=1S/C27H41N3O5/c1-2-3-4-5-6-7-8-9-10-13-16-29-18-26(24(32)33)20-30(17-22-14-11-12-15-28-22)21-27(19-29,23(26)31)25(34)35/h11-12,14-15H,2-10,13,16-21H2,1H3,(H,32,33)(H,34,35). The zero-order chi connectivity index (χ0) is 25.3. The summed E-state index contributed by atoms with van der Waals surface area (Å²) in [7, 11) is 0. The van der Waals surface area contributed by atoms with Crippen LogP contribution in [-0.4, -0.2) is 75.4 Å². The molecule has 2 saturated heterocycles. The second-order valence-electron chi connectivity index (χ2n) is 10.5. The predicted molar refractivity (Wildman–Crippen MR) is 133 cm³/mol. The van der Waals surface area contributed by atoms with Crippen LogP contribution in [-0.2, 0) is 20.9 Å². The molecule has 1 aromatic rings. The minimum atomic E-state index is -1.73. The second kappa shape index (κ2) is 12.6. The van der Waals surface area contributed by atoms with E-state index in [0.717, 1.165) is 25.0 Å². The number of nitrogens with zero attached hydrogens (tertiary/aromatic N) is 3. The van der Waals surface area contributed by atoms with Crippen molar-refractivity contribution in [2.75, 3.05) is 32.7 Å². The van der Waals surface area contributed by atoms with E-state index in [-0.39, 0.29) is 26.2 Å². The van der Waals surface area contributed by atoms with Crippen molar-refractivity contribution in [1.82, 2.24) is 14.8 Å². The lowest BCUT2D eigenvalue weighted by Gasteiger charge is -2.53. The summed E-state index contributed by atoms with van der Waals surface area (Å²) < 4.78 is 0. The summed E-state index contributed by atoms with van der Waals surface area (Å²) in [5, 5.41) is 20.3. The van der Waals surface area contributed by atoms with Gasteiger partial charge in [0.05, 0.1) is 5.69 Å². The molecular weight excluding hydrogens is 446 g/mol. The number of ketones is 1. The fraction of sp³-hybridized carbons (Fsp3) is 0.704. The van der Waals surface area contributed by atoms with Gasteiger partial charge in [0.1, 0.15) is 0 Å². The van der Waals surface area contributed by atoms with E-state index in [1.54, 1.807) is 17.2 Å². The molecule has 2 bridgehead atoms. The molecule has 2 atom stereocenters. The molecule has 2 unspecified atom stereocenters. The largest absolute Gasteiger partial charge is 0.480 e. The Kier molecular flexibility index (Phi) is 9.80. The van der Waals surface area contributed by atoms with Gasteiger partial charge >= 0.3 is 11.9 Å². The molecule has 1 aromatic heterocycles. The number of carbonyl (C=O) groups is 3. The Labute approximate surface area is 208 Å². The molecule has 8 heteroatoms. The number of carboxylic acid groups (broad SMARTS) is 2. The number of likely N-dealkylation sites (tertiary alicyclic amines) is 2. The third-order valence-corrected chi connectivity index (χ3v) is 7.60. The monoisotopic (exact) mass is 487 g/mol. The average molecular weight is 488 g/mol. The fourth-order valence-electron chi connectivity index (χ4n) is 5.76. The van der Waals surface area contributed by atoms with Gasteiger partial charge in [0.25, 0.3) is 0 Å². The highest BCUT2D eigenvalue weighted by Crippen LogP contribution is 2.44. The number of carboxylic acids is 2. The van der Waals surface area contributed by atoms with E-state index in [4.69, 9.17) is 0 Å². The number of fused-ring (bicyclic) bond motifs is 2. The minimum Gasteiger partial charge on any atom is -0.480 e. The minimum absolute atomic E-state index is 0.00129. The Morgan fingerprint density at radius 3 is 1.83 bits per heavy atom. The van der Waals surface area contributed by atoms with E-state index in [0.29, 0.717) is 13.1 Å². The van der Waals surface area contributed by atoms with E-state index in [2.05, 4.69) is 11.9 Å². The van der Waals surface area contributed by atoms with E-state index >= 15 is 0 Å². The summed E-state index contributed by atoms with van der Waals surface area (Å²) >= 11 is 0. The smallest absolute Gasteiger partial charge is 0.319 e. The molecule has 2 aliphatic heterocycles. The number of rotatable bonds is 15. The van der Waals surface area contributed by atoms with Gasteiger partial charge in [-0.2, -0.15) is 0 Å². The number of aliphatic carboxylic acids is 2. The molecule has 194 valence electrons. The van der Waals surface area contributed by atoms with Crippen molar-refractivity contribution in [3.63, 3.8) is 0 Å². The maximum absolute atomic E-state index is 13.4. The van der Waals surface area contributed by atoms with Crippen molar-refractivity contribution < 1.29 is 24.6 Å². The lowest BCUT2D eigenvalue weighted by molar-refractivity contribution is -0.185. The molecule has 0 amide bonds. The van der Waals surface area contributed by atoms with Crippen LogP contribution in [0.5, 0.6) is 0 Å². The zero-order valence-electron chi connectivity index (χ0n) is 21.1. The highest BCUT2D eigenvalue weighted by molar-refractivity contribution is 6.16. The molecule has 0 spiro atoms. The molecular formula is C27H41N3O5. The molecule has 2 aliphatic rings. The van der Waals surface area contributed by atoms with Gasteiger partial charge in [-0.05, 0) is 25.1 Å². The first-order valence-corrected chi connectivity index (χ1v) is 13.2. The van der Waals surface area contributed by atoms with Crippen LogP contribution in [0.2, 0.25) is 0 Å². The Balaban J connectivity index is 1.59. The number of aromatic nitrogens is 1. The third kappa shape index (κ3) is 6.47. The number of pyridine rings is 1. The average Bonchev–Trinajstić information content (AvgIpc) is 2.82. The summed E-state index contributed by atoms with van der Waals surface area (Å²) in [6.07, 6.45) is 13.6. The SMILES string of the molecule is CCCCCCCCCCCCN1CC2(C(=O)O)CN(Cc3ccccn3)CC(C(=O)O)(C1)C2=O. The van der Waals surface area contributed by atoms with Gasteiger partial charge in [-0.3, -0.25) is 24.3 Å². The van der Waals surface area contributed by atoms with Gasteiger partial charge in [-0.25, -0.2) is 0 Å². The van der Waals surface area contributed by atoms with Gasteiger partial charge in [0.15, 0.2) is 16.6 Å². The molecule has 3 heterocycles. The lowest BCUT2D eigenvalue weighted by Crippen LogP contribution is -2.74. The van der Waals surface area contributed by atoms with Crippen LogP contribution < -0.4 is 0 Å². The number of carbonyl (C=O) groups excluding carboxylic acids is 1. The topological polar surface area (TPSA) is 111 Å². The molecule has 2 N–H and O–H groups in total. The number of piperidine rings is 2. The summed E-state index contributed by atoms with van der Waals surface area (Å²) in [6, 6.07) is 5.46. The fourth-order valence-corrected chi connectivity index (χ4v) is 5.76. The van der Waals surface area contributed by atoms with Gasteiger partial charge < -0.3 is 15.1 Å². The summed E-state index contributed by atoms with van der Waals surface area (Å²) in [5.41, 5.74) is -2.74. The van der Waals surface area contributed by atoms with E-state index in [1.165, 1.54) is 44.9 Å². The maximum Gasteiger partial charge on any atom is 0.319 e. The highest BCUT2D eigenvalue weighted by atomic mass is 16.4. The first-order chi connectivity index (χ1) is 16.8. The molecule has 35 heavy (non-hydrogen) atoms. The van der Waals surface area contributed by atoms with Crippen LogP contribution in [0, 0.1) is 10.8 Å². The van der Waals surface area contributed by atoms with Crippen molar-refractivity contribution in [3.8, 4) is 0 Å². The normalized spacial score (nSPS) is 25.0. The Bertz CT molecular complexity index is 828. The third-order valence-electron chi connectivity index (χ3n) is 7.60. The van der Waals surface area contributed by atoms with Crippen molar-refractivity contribution >= 4 is 17.7 Å². The predicted octanol–water partition coefficient (Wildman–Crippen LogP) is 3.84. The van der Waals surface area contributed by atoms with E-state index in [9.17, 15) is 24.6 Å². The summed E-state index contributed by atoms with van der Waals surface area (Å²) in [6.45, 7) is 3.28. The van der Waals surface area contributed by atoms with E-state index < -0.39 is 28.6 Å². The summed E-state index contributed by atoms with van der Waals surface area (Å²) in [4.78, 5) is 46.3. The lowest BCUT2D eigenvalue weighted by atomic mass is 9.62. The zero-order valence-corrected chi connectivity index (χ0v) is 21.1. The molecule has 2 fully saturated rings. The van der Waals surface area contributed by atoms with Crippen molar-refractivity contribution in [1.29, 1.82) is 0 Å². The summed E-state index contributed by atoms with van der Waals surface area (Å²) in [5.74, 6) is -3.11. The quantitative estimate of drug-likeness (QED) is 0.284. The second-order valence-corrected chi connectivity index (χ2v) is 10.5. The number of Topliss-reactive ketones (excluding diaryl/α,β-unsaturated/α-hetero) is 1. The Morgan fingerprint density at radius 1 is 0.829 bits per heavy atom. The molecule has 0 saturated carbocycles. The van der Waals surface area contributed by atoms with Crippen molar-refractivity contribution in [2.45, 2.75) is 77.7 Å². The molecule has 0 aromatic carbocycles. The highest BCUT2D eigenvalue weighted by Gasteiger charge is 2.67. The molecule has 8 nitrogen and oxygen atoms in total. The number of hydrogen-bond donors (Lipinski definition) is 2. The Hall–Kier alpha value is -2.32. The number of unbranched alkanes of at least 4 members (excludes halogenated alkanes) is 9. The van der Waals surface area contributed by atoms with Crippen LogP contribution in [0.1, 0.15) is 76.8 Å². The van der Waals surface area contributed by atoms with Gasteiger partial charge in [-0.1, -0.05) is 70.8 Å². The molecule has 0 aliphatic carbocycles. The van der Waals surface area contributed by atoms with Crippen LogP contribution >= 0.6 is 0 Å². The van der Waals surface area contributed by atoms with Gasteiger partial charge in [0, 0.05) is 38.9 Å². The maximum atomic E-state index is 13.4. The van der Waals surface area contributed by atoms with Gasteiger partial charge in [-0.15, -0.1) is 0 Å². The van der Waals surface area contributed by atoms with Crippen LogP contribution in [0.3, 0.4) is 0 Å².